The Kier molecular flexibility index (Phi) is 12.5. The van der Waals surface area contributed by atoms with Crippen molar-refractivity contribution in [2.45, 2.75) is 82.8 Å². The van der Waals surface area contributed by atoms with Gasteiger partial charge in [-0.2, -0.15) is 0 Å². The van der Waals surface area contributed by atoms with Crippen LogP contribution in [0.1, 0.15) is 59.9 Å². The van der Waals surface area contributed by atoms with Crippen molar-refractivity contribution in [1.29, 1.82) is 0 Å². The molecule has 2 rings (SSSR count). The molecule has 11 heteroatoms. The maximum Gasteiger partial charge on any atom is 0.408 e. The van der Waals surface area contributed by atoms with Gasteiger partial charge in [0.2, 0.25) is 5.91 Å². The third-order valence-electron chi connectivity index (χ3n) is 5.56. The number of amides is 3. The molecule has 0 saturated heterocycles. The van der Waals surface area contributed by atoms with Gasteiger partial charge in [-0.15, -0.1) is 11.8 Å². The first-order chi connectivity index (χ1) is 19.2. The molecule has 0 spiro atoms. The molecule has 0 aliphatic heterocycles. The maximum absolute atomic E-state index is 13.4. The molecule has 0 aliphatic carbocycles. The van der Waals surface area contributed by atoms with Gasteiger partial charge < -0.3 is 30.5 Å². The van der Waals surface area contributed by atoms with Gasteiger partial charge in [-0.3, -0.25) is 9.59 Å². The molecule has 4 N–H and O–H groups in total. The third-order valence-corrected chi connectivity index (χ3v) is 7.31. The average molecular weight is 588 g/mol. The van der Waals surface area contributed by atoms with Crippen LogP contribution in [0.25, 0.3) is 0 Å². The van der Waals surface area contributed by atoms with Crippen LogP contribution in [0.15, 0.2) is 59.5 Å². The number of carboxylic acid groups (broad SMARTS) is 1. The second-order valence-electron chi connectivity index (χ2n) is 11.5. The van der Waals surface area contributed by atoms with Crippen molar-refractivity contribution >= 4 is 41.5 Å². The summed E-state index contributed by atoms with van der Waals surface area (Å²) in [5.74, 6) is -1.46. The lowest BCUT2D eigenvalue weighted by Gasteiger charge is -2.27. The summed E-state index contributed by atoms with van der Waals surface area (Å²) in [5.41, 5.74) is -0.0193. The fourth-order valence-electron chi connectivity index (χ4n) is 3.61. The van der Waals surface area contributed by atoms with Crippen LogP contribution >= 0.6 is 11.8 Å². The van der Waals surface area contributed by atoms with Crippen molar-refractivity contribution in [3.8, 4) is 0 Å². The monoisotopic (exact) mass is 587 g/mol. The molecule has 224 valence electrons. The molecule has 2 atom stereocenters. The number of carboxylic acids is 1. The summed E-state index contributed by atoms with van der Waals surface area (Å²) in [6.07, 6.45) is -0.795. The third kappa shape index (κ3) is 12.5. The highest BCUT2D eigenvalue weighted by Gasteiger charge is 2.33. The van der Waals surface area contributed by atoms with Crippen LogP contribution in [0, 0.1) is 5.41 Å². The number of alkyl carbamates (subject to hydrolysis) is 2. The normalized spacial score (nSPS) is 12.9. The first-order valence-corrected chi connectivity index (χ1v) is 14.3. The van der Waals surface area contributed by atoms with E-state index in [-0.39, 0.29) is 19.6 Å². The topological polar surface area (TPSA) is 143 Å². The van der Waals surface area contributed by atoms with E-state index in [4.69, 9.17) is 9.47 Å². The summed E-state index contributed by atoms with van der Waals surface area (Å²) in [5, 5.41) is 17.1. The molecule has 0 heterocycles. The summed E-state index contributed by atoms with van der Waals surface area (Å²) in [6, 6.07) is 15.2. The van der Waals surface area contributed by atoms with Crippen molar-refractivity contribution in [3.05, 3.63) is 60.2 Å². The smallest absolute Gasteiger partial charge is 0.408 e. The van der Waals surface area contributed by atoms with Gasteiger partial charge in [0.15, 0.2) is 0 Å². The van der Waals surface area contributed by atoms with Gasteiger partial charge in [-0.1, -0.05) is 63.2 Å². The van der Waals surface area contributed by atoms with E-state index in [1.807, 2.05) is 51.1 Å². The standard InChI is InChI=1S/C30H41N3O7S/c1-29(2,3)24(26(35)36)41-23-17-11-10-15-21(23)32-25(34)22(33-28(38)40-30(4,5)6)16-12-18-31-27(37)39-19-20-13-8-7-9-14-20/h7-11,13-15,17,22,24H,12,16,18-19H2,1-6H3,(H,31,37)(H,32,34)(H,33,38)(H,35,36)/t22-,24?/m0/s1. The van der Waals surface area contributed by atoms with Gasteiger partial charge >= 0.3 is 18.2 Å². The Hall–Kier alpha value is -3.73. The summed E-state index contributed by atoms with van der Waals surface area (Å²) < 4.78 is 10.5. The van der Waals surface area contributed by atoms with E-state index in [1.165, 1.54) is 0 Å². The number of carbonyl (C=O) groups excluding carboxylic acids is 3. The van der Waals surface area contributed by atoms with Crippen molar-refractivity contribution in [1.82, 2.24) is 10.6 Å². The van der Waals surface area contributed by atoms with E-state index in [2.05, 4.69) is 16.0 Å². The minimum absolute atomic E-state index is 0.132. The first-order valence-electron chi connectivity index (χ1n) is 13.4. The zero-order chi connectivity index (χ0) is 30.6. The van der Waals surface area contributed by atoms with E-state index in [1.54, 1.807) is 45.0 Å². The number of hydrogen-bond acceptors (Lipinski definition) is 7. The van der Waals surface area contributed by atoms with Gasteiger partial charge in [0.1, 0.15) is 23.5 Å². The largest absolute Gasteiger partial charge is 0.480 e. The summed E-state index contributed by atoms with van der Waals surface area (Å²) in [6.45, 7) is 11.0. The quantitative estimate of drug-likeness (QED) is 0.180. The molecular weight excluding hydrogens is 546 g/mol. The number of ether oxygens (including phenoxy) is 2. The molecule has 0 bridgehead atoms. The number of anilines is 1. The summed E-state index contributed by atoms with van der Waals surface area (Å²) in [4.78, 5) is 50.4. The molecule has 0 radical (unpaired) electrons. The lowest BCUT2D eigenvalue weighted by molar-refractivity contribution is -0.138. The van der Waals surface area contributed by atoms with Crippen LogP contribution in [0.2, 0.25) is 0 Å². The number of thioether (sulfide) groups is 1. The van der Waals surface area contributed by atoms with E-state index in [0.29, 0.717) is 17.0 Å². The molecular formula is C30H41N3O7S. The number of benzene rings is 2. The molecule has 2 aromatic carbocycles. The highest BCUT2D eigenvalue weighted by atomic mass is 32.2. The minimum Gasteiger partial charge on any atom is -0.480 e. The van der Waals surface area contributed by atoms with Crippen molar-refractivity contribution < 1.29 is 33.8 Å². The van der Waals surface area contributed by atoms with Gasteiger partial charge in [-0.25, -0.2) is 9.59 Å². The van der Waals surface area contributed by atoms with Gasteiger partial charge in [0.25, 0.3) is 0 Å². The predicted molar refractivity (Wildman–Crippen MR) is 159 cm³/mol. The van der Waals surface area contributed by atoms with Crippen LogP contribution in [0.5, 0.6) is 0 Å². The first kappa shape index (κ1) is 33.5. The van der Waals surface area contributed by atoms with Crippen LogP contribution in [0.4, 0.5) is 15.3 Å². The predicted octanol–water partition coefficient (Wildman–Crippen LogP) is 5.82. The zero-order valence-corrected chi connectivity index (χ0v) is 25.3. The fraction of sp³-hybridized carbons (Fsp3) is 0.467. The van der Waals surface area contributed by atoms with Crippen molar-refractivity contribution in [2.75, 3.05) is 11.9 Å². The Balaban J connectivity index is 2.06. The average Bonchev–Trinajstić information content (AvgIpc) is 2.87. The Bertz CT molecular complexity index is 1180. The molecule has 0 saturated carbocycles. The fourth-order valence-corrected chi connectivity index (χ4v) is 4.72. The second-order valence-corrected chi connectivity index (χ2v) is 12.7. The Morgan fingerprint density at radius 2 is 1.54 bits per heavy atom. The van der Waals surface area contributed by atoms with Crippen LogP contribution in [0.3, 0.4) is 0 Å². The van der Waals surface area contributed by atoms with Crippen LogP contribution < -0.4 is 16.0 Å². The highest BCUT2D eigenvalue weighted by molar-refractivity contribution is 8.00. The zero-order valence-electron chi connectivity index (χ0n) is 24.5. The molecule has 10 nitrogen and oxygen atoms in total. The maximum atomic E-state index is 13.4. The number of hydrogen-bond donors (Lipinski definition) is 4. The summed E-state index contributed by atoms with van der Waals surface area (Å²) >= 11 is 1.15. The molecule has 0 fully saturated rings. The molecule has 3 amide bonds. The Labute approximate surface area is 245 Å². The highest BCUT2D eigenvalue weighted by Crippen LogP contribution is 2.38. The molecule has 41 heavy (non-hydrogen) atoms. The van der Waals surface area contributed by atoms with Crippen LogP contribution in [-0.4, -0.2) is 52.6 Å². The Morgan fingerprint density at radius 1 is 0.902 bits per heavy atom. The lowest BCUT2D eigenvalue weighted by atomic mass is 9.92. The lowest BCUT2D eigenvalue weighted by Crippen LogP contribution is -2.46. The molecule has 0 aliphatic rings. The van der Waals surface area contributed by atoms with Crippen molar-refractivity contribution in [3.63, 3.8) is 0 Å². The van der Waals surface area contributed by atoms with Gasteiger partial charge in [-0.05, 0) is 56.7 Å². The van der Waals surface area contributed by atoms with E-state index in [9.17, 15) is 24.3 Å². The Morgan fingerprint density at radius 3 is 2.15 bits per heavy atom. The number of aliphatic carboxylic acids is 1. The van der Waals surface area contributed by atoms with Crippen molar-refractivity contribution in [2.24, 2.45) is 5.41 Å². The SMILES string of the molecule is CC(C)(C)OC(=O)N[C@@H](CCCNC(=O)OCc1ccccc1)C(=O)Nc1ccccc1SC(C(=O)O)C(C)(C)C. The number of para-hydroxylation sites is 1. The minimum atomic E-state index is -0.983. The molecule has 1 unspecified atom stereocenters. The molecule has 0 aromatic heterocycles. The summed E-state index contributed by atoms with van der Waals surface area (Å²) in [7, 11) is 0. The number of carbonyl (C=O) groups is 4. The van der Waals surface area contributed by atoms with E-state index in [0.717, 1.165) is 17.3 Å². The van der Waals surface area contributed by atoms with Gasteiger partial charge in [0.05, 0.1) is 5.69 Å². The van der Waals surface area contributed by atoms with Crippen LogP contribution in [-0.2, 0) is 25.7 Å². The molecule has 2 aromatic rings. The van der Waals surface area contributed by atoms with E-state index < -0.39 is 46.4 Å². The number of rotatable bonds is 12. The number of nitrogens with one attached hydrogen (secondary N) is 3. The van der Waals surface area contributed by atoms with Gasteiger partial charge in [0, 0.05) is 11.4 Å². The van der Waals surface area contributed by atoms with E-state index >= 15 is 0 Å². The second kappa shape index (κ2) is 15.3.